The Labute approximate surface area is 182 Å². The monoisotopic (exact) mass is 408 g/mol. The average molecular weight is 408 g/mol. The lowest BCUT2D eigenvalue weighted by Gasteiger charge is -2.15. The molecular formula is C28H24O3. The maximum absolute atomic E-state index is 12.2. The highest BCUT2D eigenvalue weighted by atomic mass is 16.5. The summed E-state index contributed by atoms with van der Waals surface area (Å²) in [4.78, 5) is 12.2. The van der Waals surface area contributed by atoms with Gasteiger partial charge in [0.15, 0.2) is 0 Å². The van der Waals surface area contributed by atoms with Crippen molar-refractivity contribution in [2.24, 2.45) is 0 Å². The molecule has 0 saturated heterocycles. The summed E-state index contributed by atoms with van der Waals surface area (Å²) >= 11 is 0. The molecule has 0 aliphatic carbocycles. The summed E-state index contributed by atoms with van der Waals surface area (Å²) in [6, 6.07) is 33.9. The fraction of sp³-hybridized carbons (Fsp3) is 0.107. The van der Waals surface area contributed by atoms with Crippen LogP contribution in [-0.2, 0) is 11.3 Å². The third kappa shape index (κ3) is 4.84. The van der Waals surface area contributed by atoms with E-state index in [0.29, 0.717) is 18.8 Å². The number of rotatable bonds is 7. The van der Waals surface area contributed by atoms with Crippen molar-refractivity contribution in [3.8, 4) is 28.0 Å². The van der Waals surface area contributed by atoms with Crippen LogP contribution >= 0.6 is 0 Å². The lowest BCUT2D eigenvalue weighted by molar-refractivity contribution is 0.0526. The van der Waals surface area contributed by atoms with E-state index in [0.717, 1.165) is 33.6 Å². The molecule has 0 unspecified atom stereocenters. The largest absolute Gasteiger partial charge is 0.488 e. The first-order valence-corrected chi connectivity index (χ1v) is 10.4. The number of carbonyl (C=O) groups excluding carboxylic acids is 1. The summed E-state index contributed by atoms with van der Waals surface area (Å²) in [5.74, 6) is 0.508. The van der Waals surface area contributed by atoms with Gasteiger partial charge in [0.1, 0.15) is 12.4 Å². The Balaban J connectivity index is 1.70. The molecule has 3 heteroatoms. The first-order valence-electron chi connectivity index (χ1n) is 10.4. The summed E-state index contributed by atoms with van der Waals surface area (Å²) in [6.45, 7) is 2.66. The highest BCUT2D eigenvalue weighted by Crippen LogP contribution is 2.37. The molecule has 0 bridgehead atoms. The van der Waals surface area contributed by atoms with E-state index in [2.05, 4.69) is 30.3 Å². The second-order valence-electron chi connectivity index (χ2n) is 7.12. The van der Waals surface area contributed by atoms with E-state index in [4.69, 9.17) is 9.47 Å². The lowest BCUT2D eigenvalue weighted by atomic mass is 9.93. The fourth-order valence-corrected chi connectivity index (χ4v) is 3.55. The number of hydrogen-bond acceptors (Lipinski definition) is 3. The van der Waals surface area contributed by atoms with Gasteiger partial charge in [-0.3, -0.25) is 0 Å². The Bertz CT molecular complexity index is 1170. The molecule has 0 N–H and O–H groups in total. The number of esters is 1. The van der Waals surface area contributed by atoms with Crippen LogP contribution in [0.5, 0.6) is 5.75 Å². The van der Waals surface area contributed by atoms with Crippen LogP contribution in [0.15, 0.2) is 103 Å². The van der Waals surface area contributed by atoms with E-state index in [1.165, 1.54) is 0 Å². The fourth-order valence-electron chi connectivity index (χ4n) is 3.55. The zero-order valence-electron chi connectivity index (χ0n) is 17.5. The second-order valence-corrected chi connectivity index (χ2v) is 7.12. The Hall–Kier alpha value is -3.85. The van der Waals surface area contributed by atoms with Gasteiger partial charge in [-0.05, 0) is 47.4 Å². The van der Waals surface area contributed by atoms with Gasteiger partial charge in [0, 0.05) is 5.56 Å². The van der Waals surface area contributed by atoms with Crippen LogP contribution in [-0.4, -0.2) is 12.6 Å². The van der Waals surface area contributed by atoms with Crippen LogP contribution in [0.4, 0.5) is 0 Å². The van der Waals surface area contributed by atoms with Gasteiger partial charge in [0.2, 0.25) is 0 Å². The van der Waals surface area contributed by atoms with E-state index < -0.39 is 0 Å². The number of benzene rings is 4. The predicted octanol–water partition coefficient (Wildman–Crippen LogP) is 6.78. The van der Waals surface area contributed by atoms with Crippen molar-refractivity contribution in [3.05, 3.63) is 114 Å². The predicted molar refractivity (Wildman–Crippen MR) is 124 cm³/mol. The van der Waals surface area contributed by atoms with Gasteiger partial charge < -0.3 is 9.47 Å². The lowest BCUT2D eigenvalue weighted by Crippen LogP contribution is -2.04. The van der Waals surface area contributed by atoms with Gasteiger partial charge in [-0.1, -0.05) is 84.9 Å². The maximum atomic E-state index is 12.2. The van der Waals surface area contributed by atoms with Gasteiger partial charge in [-0.25, -0.2) is 4.79 Å². The summed E-state index contributed by atoms with van der Waals surface area (Å²) in [7, 11) is 0. The van der Waals surface area contributed by atoms with Crippen LogP contribution in [0.25, 0.3) is 22.3 Å². The van der Waals surface area contributed by atoms with Crippen LogP contribution in [0, 0.1) is 0 Å². The molecule has 0 radical (unpaired) electrons. The molecule has 0 atom stereocenters. The van der Waals surface area contributed by atoms with Crippen molar-refractivity contribution in [1.82, 2.24) is 0 Å². The summed E-state index contributed by atoms with van der Waals surface area (Å²) in [5.41, 5.74) is 5.71. The van der Waals surface area contributed by atoms with E-state index in [1.807, 2.05) is 73.7 Å². The number of para-hydroxylation sites is 1. The quantitative estimate of drug-likeness (QED) is 0.316. The van der Waals surface area contributed by atoms with E-state index in [-0.39, 0.29) is 5.97 Å². The minimum absolute atomic E-state index is 0.312. The van der Waals surface area contributed by atoms with Crippen molar-refractivity contribution in [1.29, 1.82) is 0 Å². The zero-order chi connectivity index (χ0) is 21.5. The molecule has 154 valence electrons. The Kier molecular flexibility index (Phi) is 6.44. The molecule has 0 aliphatic heterocycles. The summed E-state index contributed by atoms with van der Waals surface area (Å²) in [5, 5.41) is 0. The zero-order valence-corrected chi connectivity index (χ0v) is 17.5. The third-order valence-corrected chi connectivity index (χ3v) is 5.03. The van der Waals surface area contributed by atoms with E-state index >= 15 is 0 Å². The van der Waals surface area contributed by atoms with Gasteiger partial charge in [-0.15, -0.1) is 0 Å². The molecular weight excluding hydrogens is 384 g/mol. The smallest absolute Gasteiger partial charge is 0.338 e. The van der Waals surface area contributed by atoms with Crippen LogP contribution in [0.2, 0.25) is 0 Å². The molecule has 0 aliphatic rings. The standard InChI is InChI=1S/C28H24O3/c1-2-30-28(29)23-14-10-13-22(19-23)24-15-6-7-16-25(24)26-17-8-9-18-27(26)31-20-21-11-4-3-5-12-21/h3-19H,2,20H2,1H3. The highest BCUT2D eigenvalue weighted by molar-refractivity contribution is 5.93. The van der Waals surface area contributed by atoms with Crippen LogP contribution in [0.1, 0.15) is 22.8 Å². The average Bonchev–Trinajstić information content (AvgIpc) is 2.84. The molecule has 0 aromatic heterocycles. The molecule has 0 fully saturated rings. The van der Waals surface area contributed by atoms with Gasteiger partial charge in [0.25, 0.3) is 0 Å². The van der Waals surface area contributed by atoms with Crippen LogP contribution in [0.3, 0.4) is 0 Å². The third-order valence-electron chi connectivity index (χ3n) is 5.03. The Morgan fingerprint density at radius 2 is 1.39 bits per heavy atom. The van der Waals surface area contributed by atoms with Crippen molar-refractivity contribution >= 4 is 5.97 Å². The molecule has 4 aromatic rings. The first kappa shape index (κ1) is 20.4. The second kappa shape index (κ2) is 9.77. The number of hydrogen-bond donors (Lipinski definition) is 0. The van der Waals surface area contributed by atoms with E-state index in [9.17, 15) is 4.79 Å². The van der Waals surface area contributed by atoms with Crippen molar-refractivity contribution in [3.63, 3.8) is 0 Å². The van der Waals surface area contributed by atoms with Crippen molar-refractivity contribution in [2.75, 3.05) is 6.61 Å². The Morgan fingerprint density at radius 1 is 0.710 bits per heavy atom. The van der Waals surface area contributed by atoms with Gasteiger partial charge in [0.05, 0.1) is 12.2 Å². The topological polar surface area (TPSA) is 35.5 Å². The van der Waals surface area contributed by atoms with Gasteiger partial charge >= 0.3 is 5.97 Å². The molecule has 4 rings (SSSR count). The van der Waals surface area contributed by atoms with Crippen molar-refractivity contribution in [2.45, 2.75) is 13.5 Å². The molecule has 0 spiro atoms. The summed E-state index contributed by atoms with van der Waals surface area (Å²) < 4.78 is 11.4. The highest BCUT2D eigenvalue weighted by Gasteiger charge is 2.14. The minimum Gasteiger partial charge on any atom is -0.488 e. The van der Waals surface area contributed by atoms with Gasteiger partial charge in [-0.2, -0.15) is 0 Å². The molecule has 0 heterocycles. The first-order chi connectivity index (χ1) is 15.3. The van der Waals surface area contributed by atoms with Crippen LogP contribution < -0.4 is 4.74 Å². The normalized spacial score (nSPS) is 10.5. The number of ether oxygens (including phenoxy) is 2. The SMILES string of the molecule is CCOC(=O)c1cccc(-c2ccccc2-c2ccccc2OCc2ccccc2)c1. The molecule has 0 amide bonds. The summed E-state index contributed by atoms with van der Waals surface area (Å²) in [6.07, 6.45) is 0. The van der Waals surface area contributed by atoms with Crippen molar-refractivity contribution < 1.29 is 14.3 Å². The molecule has 4 aromatic carbocycles. The molecule has 3 nitrogen and oxygen atoms in total. The Morgan fingerprint density at radius 3 is 2.16 bits per heavy atom. The molecule has 0 saturated carbocycles. The minimum atomic E-state index is -0.312. The number of carbonyl (C=O) groups is 1. The maximum Gasteiger partial charge on any atom is 0.338 e. The van der Waals surface area contributed by atoms with E-state index in [1.54, 1.807) is 6.07 Å². The molecule has 31 heavy (non-hydrogen) atoms.